The maximum Gasteiger partial charge on any atom is 0.253 e. The van der Waals surface area contributed by atoms with Gasteiger partial charge in [0, 0.05) is 24.6 Å². The molecule has 7 heteroatoms. The van der Waals surface area contributed by atoms with Crippen LogP contribution in [0.1, 0.15) is 34.6 Å². The van der Waals surface area contributed by atoms with Gasteiger partial charge in [-0.1, -0.05) is 11.6 Å². The minimum Gasteiger partial charge on any atom is -0.350 e. The van der Waals surface area contributed by atoms with Gasteiger partial charge in [0.2, 0.25) is 0 Å². The molecule has 1 aromatic carbocycles. The first-order valence-electron chi connectivity index (χ1n) is 9.39. The number of nitrogens with zero attached hydrogens (tertiary/aromatic N) is 3. The van der Waals surface area contributed by atoms with Gasteiger partial charge in [-0.25, -0.2) is 4.68 Å². The van der Waals surface area contributed by atoms with E-state index in [9.17, 15) is 4.79 Å². The second-order valence-electron chi connectivity index (χ2n) is 7.18. The summed E-state index contributed by atoms with van der Waals surface area (Å²) in [5.41, 5.74) is 3.28. The molecule has 27 heavy (non-hydrogen) atoms. The Morgan fingerprint density at radius 3 is 2.30 bits per heavy atom. The fourth-order valence-electron chi connectivity index (χ4n) is 3.83. The van der Waals surface area contributed by atoms with Crippen molar-refractivity contribution < 1.29 is 14.3 Å². The van der Waals surface area contributed by atoms with E-state index < -0.39 is 0 Å². The molecular weight excluding hydrogens is 366 g/mol. The lowest BCUT2D eigenvalue weighted by atomic mass is 9.95. The van der Waals surface area contributed by atoms with Crippen molar-refractivity contribution in [2.24, 2.45) is 5.92 Å². The number of piperidine rings is 1. The summed E-state index contributed by atoms with van der Waals surface area (Å²) >= 11 is 6.23. The number of likely N-dealkylation sites (tertiary alicyclic amines) is 1. The summed E-state index contributed by atoms with van der Waals surface area (Å²) < 4.78 is 13.0. The number of ether oxygens (including phenoxy) is 2. The maximum absolute atomic E-state index is 12.8. The van der Waals surface area contributed by atoms with Crippen LogP contribution in [0.25, 0.3) is 5.69 Å². The lowest BCUT2D eigenvalue weighted by Gasteiger charge is -2.33. The van der Waals surface area contributed by atoms with E-state index in [1.807, 2.05) is 43.0 Å². The van der Waals surface area contributed by atoms with Crippen LogP contribution >= 0.6 is 11.6 Å². The summed E-state index contributed by atoms with van der Waals surface area (Å²) in [4.78, 5) is 14.7. The van der Waals surface area contributed by atoms with Crippen molar-refractivity contribution in [2.75, 3.05) is 26.3 Å². The van der Waals surface area contributed by atoms with E-state index in [0.29, 0.717) is 29.7 Å². The highest BCUT2D eigenvalue weighted by atomic mass is 35.5. The van der Waals surface area contributed by atoms with Crippen molar-refractivity contribution in [2.45, 2.75) is 33.0 Å². The van der Waals surface area contributed by atoms with Crippen LogP contribution < -0.4 is 0 Å². The van der Waals surface area contributed by atoms with E-state index in [1.165, 1.54) is 0 Å². The first-order chi connectivity index (χ1) is 13.0. The molecular formula is C20H24ClN3O3. The summed E-state index contributed by atoms with van der Waals surface area (Å²) in [6.45, 7) is 6.65. The number of hydrogen-bond donors (Lipinski definition) is 0. The van der Waals surface area contributed by atoms with E-state index in [-0.39, 0.29) is 12.2 Å². The first kappa shape index (κ1) is 18.5. The molecule has 0 bridgehead atoms. The van der Waals surface area contributed by atoms with Crippen LogP contribution in [0, 0.1) is 19.8 Å². The molecule has 1 aromatic heterocycles. The Hall–Kier alpha value is -1.89. The van der Waals surface area contributed by atoms with Crippen molar-refractivity contribution >= 4 is 17.5 Å². The molecule has 0 unspecified atom stereocenters. The van der Waals surface area contributed by atoms with Crippen LogP contribution in [0.4, 0.5) is 0 Å². The zero-order valence-electron chi connectivity index (χ0n) is 15.7. The largest absolute Gasteiger partial charge is 0.350 e. The minimum atomic E-state index is -0.0888. The third kappa shape index (κ3) is 3.61. The standard InChI is InChI=1S/C20H24ClN3O3/c1-13-18(21)14(2)24(22-13)17-5-3-15(4-6-17)19(25)23-9-7-16(8-10-23)20-26-11-12-27-20/h3-6,16,20H,7-12H2,1-2H3. The van der Waals surface area contributed by atoms with E-state index in [0.717, 1.165) is 43.0 Å². The highest BCUT2D eigenvalue weighted by molar-refractivity contribution is 6.31. The molecule has 3 heterocycles. The van der Waals surface area contributed by atoms with Gasteiger partial charge in [0.05, 0.1) is 35.3 Å². The fourth-order valence-corrected chi connectivity index (χ4v) is 3.94. The van der Waals surface area contributed by atoms with Crippen LogP contribution in [0.15, 0.2) is 24.3 Å². The molecule has 144 valence electrons. The molecule has 2 fully saturated rings. The molecule has 1 amide bonds. The van der Waals surface area contributed by atoms with Crippen LogP contribution in [0.3, 0.4) is 0 Å². The summed E-state index contributed by atoms with van der Waals surface area (Å²) in [6.07, 6.45) is 1.74. The van der Waals surface area contributed by atoms with Gasteiger partial charge in [-0.05, 0) is 51.0 Å². The molecule has 0 aliphatic carbocycles. The van der Waals surface area contributed by atoms with Crippen LogP contribution in [-0.2, 0) is 9.47 Å². The molecule has 0 spiro atoms. The summed E-state index contributed by atoms with van der Waals surface area (Å²) in [6, 6.07) is 7.54. The minimum absolute atomic E-state index is 0.0691. The lowest BCUT2D eigenvalue weighted by molar-refractivity contribution is -0.0956. The molecule has 0 atom stereocenters. The van der Waals surface area contributed by atoms with E-state index in [1.54, 1.807) is 4.68 Å². The number of rotatable bonds is 3. The van der Waals surface area contributed by atoms with Gasteiger partial charge in [-0.3, -0.25) is 4.79 Å². The van der Waals surface area contributed by atoms with Crippen molar-refractivity contribution in [1.29, 1.82) is 0 Å². The average molecular weight is 390 g/mol. The van der Waals surface area contributed by atoms with Gasteiger partial charge >= 0.3 is 0 Å². The number of hydrogen-bond acceptors (Lipinski definition) is 4. The van der Waals surface area contributed by atoms with Gasteiger partial charge in [-0.2, -0.15) is 5.10 Å². The van der Waals surface area contributed by atoms with Gasteiger partial charge in [0.1, 0.15) is 0 Å². The molecule has 2 aliphatic heterocycles. The third-order valence-corrected chi connectivity index (χ3v) is 5.97. The Labute approximate surface area is 164 Å². The summed E-state index contributed by atoms with van der Waals surface area (Å²) in [5, 5.41) is 5.13. The fraction of sp³-hybridized carbons (Fsp3) is 0.500. The normalized spacial score (nSPS) is 19.0. The van der Waals surface area contributed by atoms with Crippen molar-refractivity contribution in [3.8, 4) is 5.69 Å². The molecule has 6 nitrogen and oxygen atoms in total. The zero-order chi connectivity index (χ0) is 19.0. The number of carbonyl (C=O) groups is 1. The molecule has 2 aliphatic rings. The second-order valence-corrected chi connectivity index (χ2v) is 7.56. The lowest BCUT2D eigenvalue weighted by Crippen LogP contribution is -2.41. The molecule has 2 aromatic rings. The second kappa shape index (κ2) is 7.62. The molecule has 0 N–H and O–H groups in total. The Morgan fingerprint density at radius 2 is 1.74 bits per heavy atom. The number of aromatic nitrogens is 2. The average Bonchev–Trinajstić information content (AvgIpc) is 3.33. The van der Waals surface area contributed by atoms with E-state index >= 15 is 0 Å². The smallest absolute Gasteiger partial charge is 0.253 e. The number of benzene rings is 1. The molecule has 0 saturated carbocycles. The zero-order valence-corrected chi connectivity index (χ0v) is 16.4. The predicted molar refractivity (Wildman–Crippen MR) is 102 cm³/mol. The molecule has 2 saturated heterocycles. The molecule has 4 rings (SSSR count). The highest BCUT2D eigenvalue weighted by Gasteiger charge is 2.32. The number of carbonyl (C=O) groups excluding carboxylic acids is 1. The highest BCUT2D eigenvalue weighted by Crippen LogP contribution is 2.27. The van der Waals surface area contributed by atoms with Gasteiger partial charge in [0.15, 0.2) is 6.29 Å². The van der Waals surface area contributed by atoms with Gasteiger partial charge in [-0.15, -0.1) is 0 Å². The number of amides is 1. The monoisotopic (exact) mass is 389 g/mol. The quantitative estimate of drug-likeness (QED) is 0.807. The number of aryl methyl sites for hydroxylation is 1. The van der Waals surface area contributed by atoms with Crippen LogP contribution in [0.2, 0.25) is 5.02 Å². The first-order valence-corrected chi connectivity index (χ1v) is 9.77. The summed E-state index contributed by atoms with van der Waals surface area (Å²) in [7, 11) is 0. The Bertz CT molecular complexity index is 820. The summed E-state index contributed by atoms with van der Waals surface area (Å²) in [5.74, 6) is 0.453. The predicted octanol–water partition coefficient (Wildman–Crippen LogP) is 3.37. The van der Waals surface area contributed by atoms with E-state index in [2.05, 4.69) is 5.10 Å². The number of halogens is 1. The van der Waals surface area contributed by atoms with Gasteiger partial charge < -0.3 is 14.4 Å². The van der Waals surface area contributed by atoms with Crippen LogP contribution in [0.5, 0.6) is 0 Å². The Kier molecular flexibility index (Phi) is 5.21. The van der Waals surface area contributed by atoms with E-state index in [4.69, 9.17) is 21.1 Å². The van der Waals surface area contributed by atoms with Crippen molar-refractivity contribution in [3.05, 3.63) is 46.2 Å². The van der Waals surface area contributed by atoms with Crippen LogP contribution in [-0.4, -0.2) is 53.2 Å². The van der Waals surface area contributed by atoms with Gasteiger partial charge in [0.25, 0.3) is 5.91 Å². The topological polar surface area (TPSA) is 56.6 Å². The Balaban J connectivity index is 1.41. The van der Waals surface area contributed by atoms with Crippen molar-refractivity contribution in [1.82, 2.24) is 14.7 Å². The molecule has 0 radical (unpaired) electrons. The maximum atomic E-state index is 12.8. The SMILES string of the molecule is Cc1nn(-c2ccc(C(=O)N3CCC(C4OCCO4)CC3)cc2)c(C)c1Cl. The third-order valence-electron chi connectivity index (χ3n) is 5.42. The van der Waals surface area contributed by atoms with Crippen molar-refractivity contribution in [3.63, 3.8) is 0 Å². The Morgan fingerprint density at radius 1 is 1.11 bits per heavy atom.